The standard InChI is InChI=1S/C27H26O6/c1-29-21-14-20(11-10-19-8-6-5-7-9-19)25(26(18-21)32-4)12-13-27(28)33-24-16-22(30-2)15-23(17-24)31-3/h5-18H,1-4H3/b11-10+,13-12+. The van der Waals surface area contributed by atoms with E-state index in [1.165, 1.54) is 20.3 Å². The van der Waals surface area contributed by atoms with E-state index in [1.54, 1.807) is 44.6 Å². The summed E-state index contributed by atoms with van der Waals surface area (Å²) in [5.41, 5.74) is 2.58. The van der Waals surface area contributed by atoms with E-state index in [9.17, 15) is 4.79 Å². The van der Waals surface area contributed by atoms with E-state index >= 15 is 0 Å². The van der Waals surface area contributed by atoms with Gasteiger partial charge in [-0.25, -0.2) is 4.79 Å². The van der Waals surface area contributed by atoms with Gasteiger partial charge in [-0.3, -0.25) is 0 Å². The van der Waals surface area contributed by atoms with Gasteiger partial charge in [0.15, 0.2) is 0 Å². The number of carbonyl (C=O) groups is 1. The van der Waals surface area contributed by atoms with Gasteiger partial charge in [0.2, 0.25) is 0 Å². The molecule has 0 spiro atoms. The Bertz CT molecular complexity index is 1130. The van der Waals surface area contributed by atoms with Gasteiger partial charge in [-0.2, -0.15) is 0 Å². The van der Waals surface area contributed by atoms with Crippen LogP contribution in [-0.2, 0) is 4.79 Å². The second kappa shape index (κ2) is 11.4. The van der Waals surface area contributed by atoms with E-state index in [4.69, 9.17) is 23.7 Å². The average Bonchev–Trinajstić information content (AvgIpc) is 2.86. The maximum atomic E-state index is 12.5. The summed E-state index contributed by atoms with van der Waals surface area (Å²) < 4.78 is 26.8. The van der Waals surface area contributed by atoms with Crippen molar-refractivity contribution in [2.75, 3.05) is 28.4 Å². The molecule has 0 amide bonds. The number of esters is 1. The summed E-state index contributed by atoms with van der Waals surface area (Å²) in [5.74, 6) is 2.00. The fraction of sp³-hybridized carbons (Fsp3) is 0.148. The maximum Gasteiger partial charge on any atom is 0.336 e. The summed E-state index contributed by atoms with van der Waals surface area (Å²) in [4.78, 5) is 12.5. The molecular formula is C27H26O6. The van der Waals surface area contributed by atoms with Gasteiger partial charge in [-0.1, -0.05) is 42.5 Å². The number of rotatable bonds is 9. The molecule has 0 atom stereocenters. The summed E-state index contributed by atoms with van der Waals surface area (Å²) in [6.45, 7) is 0. The summed E-state index contributed by atoms with van der Waals surface area (Å²) in [6, 6.07) is 18.5. The third-order valence-electron chi connectivity index (χ3n) is 4.79. The summed E-state index contributed by atoms with van der Waals surface area (Å²) in [6.07, 6.45) is 6.92. The van der Waals surface area contributed by atoms with Crippen molar-refractivity contribution in [3.63, 3.8) is 0 Å². The third-order valence-corrected chi connectivity index (χ3v) is 4.79. The number of carbonyl (C=O) groups excluding carboxylic acids is 1. The van der Waals surface area contributed by atoms with Crippen molar-refractivity contribution >= 4 is 24.2 Å². The van der Waals surface area contributed by atoms with E-state index in [1.807, 2.05) is 48.6 Å². The van der Waals surface area contributed by atoms with Gasteiger partial charge < -0.3 is 23.7 Å². The van der Waals surface area contributed by atoms with Crippen LogP contribution in [0.2, 0.25) is 0 Å². The number of benzene rings is 3. The molecule has 3 rings (SSSR count). The predicted octanol–water partition coefficient (Wildman–Crippen LogP) is 5.51. The molecule has 0 aliphatic heterocycles. The molecule has 33 heavy (non-hydrogen) atoms. The third kappa shape index (κ3) is 6.40. The zero-order valence-electron chi connectivity index (χ0n) is 19.0. The lowest BCUT2D eigenvalue weighted by atomic mass is 10.0. The van der Waals surface area contributed by atoms with Gasteiger partial charge in [0, 0.05) is 35.9 Å². The SMILES string of the molecule is COc1cc(OC)cc(OC(=O)/C=C/c2c(/C=C/c3ccccc3)cc(OC)cc2OC)c1. The molecule has 0 radical (unpaired) electrons. The van der Waals surface area contributed by atoms with E-state index in [0.29, 0.717) is 34.3 Å². The highest BCUT2D eigenvalue weighted by Gasteiger charge is 2.11. The Balaban J connectivity index is 1.89. The molecule has 0 saturated heterocycles. The number of methoxy groups -OCH3 is 4. The molecule has 0 unspecified atom stereocenters. The summed E-state index contributed by atoms with van der Waals surface area (Å²) >= 11 is 0. The van der Waals surface area contributed by atoms with Gasteiger partial charge in [-0.15, -0.1) is 0 Å². The largest absolute Gasteiger partial charge is 0.497 e. The first-order chi connectivity index (χ1) is 16.1. The minimum absolute atomic E-state index is 0.312. The Labute approximate surface area is 193 Å². The molecule has 3 aromatic carbocycles. The fourth-order valence-electron chi connectivity index (χ4n) is 3.12. The van der Waals surface area contributed by atoms with Crippen LogP contribution in [0.25, 0.3) is 18.2 Å². The van der Waals surface area contributed by atoms with E-state index in [2.05, 4.69) is 0 Å². The molecule has 6 heteroatoms. The van der Waals surface area contributed by atoms with Crippen molar-refractivity contribution < 1.29 is 28.5 Å². The van der Waals surface area contributed by atoms with Crippen LogP contribution in [0.5, 0.6) is 28.7 Å². The van der Waals surface area contributed by atoms with Crippen LogP contribution in [-0.4, -0.2) is 34.4 Å². The molecule has 3 aromatic rings. The van der Waals surface area contributed by atoms with Crippen LogP contribution in [0, 0.1) is 0 Å². The van der Waals surface area contributed by atoms with Crippen LogP contribution in [0.4, 0.5) is 0 Å². The smallest absolute Gasteiger partial charge is 0.336 e. The molecule has 0 aliphatic carbocycles. The minimum Gasteiger partial charge on any atom is -0.497 e. The minimum atomic E-state index is -0.554. The lowest BCUT2D eigenvalue weighted by Gasteiger charge is -2.12. The Morgan fingerprint density at radius 3 is 1.88 bits per heavy atom. The highest BCUT2D eigenvalue weighted by atomic mass is 16.5. The van der Waals surface area contributed by atoms with Crippen LogP contribution >= 0.6 is 0 Å². The Hall–Kier alpha value is -4.19. The first-order valence-electron chi connectivity index (χ1n) is 10.2. The predicted molar refractivity (Wildman–Crippen MR) is 129 cm³/mol. The molecule has 170 valence electrons. The van der Waals surface area contributed by atoms with Gasteiger partial charge >= 0.3 is 5.97 Å². The van der Waals surface area contributed by atoms with Gasteiger partial charge in [0.1, 0.15) is 28.7 Å². The van der Waals surface area contributed by atoms with E-state index < -0.39 is 5.97 Å². The zero-order chi connectivity index (χ0) is 23.6. The second-order valence-corrected chi connectivity index (χ2v) is 6.88. The summed E-state index contributed by atoms with van der Waals surface area (Å²) in [5, 5.41) is 0. The lowest BCUT2D eigenvalue weighted by molar-refractivity contribution is -0.128. The monoisotopic (exact) mass is 446 g/mol. The molecule has 0 aromatic heterocycles. The Morgan fingerprint density at radius 1 is 0.667 bits per heavy atom. The molecule has 0 heterocycles. The maximum absolute atomic E-state index is 12.5. The van der Waals surface area contributed by atoms with Gasteiger partial charge in [0.25, 0.3) is 0 Å². The normalized spacial score (nSPS) is 10.9. The molecule has 0 fully saturated rings. The molecule has 0 N–H and O–H groups in total. The average molecular weight is 446 g/mol. The molecule has 0 saturated carbocycles. The van der Waals surface area contributed by atoms with Crippen LogP contribution < -0.4 is 23.7 Å². The van der Waals surface area contributed by atoms with Crippen molar-refractivity contribution in [1.29, 1.82) is 0 Å². The lowest BCUT2D eigenvalue weighted by Crippen LogP contribution is -2.04. The number of hydrogen-bond donors (Lipinski definition) is 0. The number of hydrogen-bond acceptors (Lipinski definition) is 6. The van der Waals surface area contributed by atoms with Crippen molar-refractivity contribution in [3.05, 3.63) is 83.4 Å². The second-order valence-electron chi connectivity index (χ2n) is 6.88. The van der Waals surface area contributed by atoms with Gasteiger partial charge in [-0.05, 0) is 23.3 Å². The molecule has 6 nitrogen and oxygen atoms in total. The van der Waals surface area contributed by atoms with Gasteiger partial charge in [0.05, 0.1) is 28.4 Å². The van der Waals surface area contributed by atoms with Crippen molar-refractivity contribution in [3.8, 4) is 28.7 Å². The van der Waals surface area contributed by atoms with Crippen LogP contribution in [0.3, 0.4) is 0 Å². The fourth-order valence-corrected chi connectivity index (χ4v) is 3.12. The zero-order valence-corrected chi connectivity index (χ0v) is 19.0. The first kappa shape index (κ1) is 23.5. The van der Waals surface area contributed by atoms with Crippen LogP contribution in [0.15, 0.2) is 66.7 Å². The quantitative estimate of drug-likeness (QED) is 0.187. The Morgan fingerprint density at radius 2 is 1.27 bits per heavy atom. The summed E-state index contributed by atoms with van der Waals surface area (Å²) in [7, 11) is 6.22. The van der Waals surface area contributed by atoms with E-state index in [0.717, 1.165) is 11.1 Å². The highest BCUT2D eigenvalue weighted by Crippen LogP contribution is 2.32. The molecule has 0 aliphatic rings. The Kier molecular flexibility index (Phi) is 8.13. The van der Waals surface area contributed by atoms with Crippen LogP contribution in [0.1, 0.15) is 16.7 Å². The van der Waals surface area contributed by atoms with Crippen molar-refractivity contribution in [1.82, 2.24) is 0 Å². The highest BCUT2D eigenvalue weighted by molar-refractivity contribution is 5.91. The molecule has 0 bridgehead atoms. The van der Waals surface area contributed by atoms with E-state index in [-0.39, 0.29) is 0 Å². The topological polar surface area (TPSA) is 63.2 Å². The van der Waals surface area contributed by atoms with Crippen molar-refractivity contribution in [2.24, 2.45) is 0 Å². The first-order valence-corrected chi connectivity index (χ1v) is 10.2. The molecular weight excluding hydrogens is 420 g/mol. The van der Waals surface area contributed by atoms with Crippen molar-refractivity contribution in [2.45, 2.75) is 0 Å². The number of ether oxygens (including phenoxy) is 5.